The van der Waals surface area contributed by atoms with Crippen LogP contribution in [0.2, 0.25) is 0 Å². The maximum absolute atomic E-state index is 13.5. The summed E-state index contributed by atoms with van der Waals surface area (Å²) in [5, 5.41) is 15.4. The standard InChI is InChI=1S/C23H36FN7O/c1-5-32-13-7-11-25-23(26-15-22-29-28-18(3)30(22)4)27-20-8-6-12-31(16-20)21-10-9-19(24)14-17(21)2/h9-10,14,20H,5-8,11-13,15-16H2,1-4H3,(H2,25,26,27). The maximum Gasteiger partial charge on any atom is 0.191 e. The highest BCUT2D eigenvalue weighted by molar-refractivity contribution is 5.80. The number of halogens is 1. The normalized spacial score (nSPS) is 17.0. The molecule has 176 valence electrons. The number of nitrogens with zero attached hydrogens (tertiary/aromatic N) is 5. The van der Waals surface area contributed by atoms with Gasteiger partial charge in [-0.15, -0.1) is 10.2 Å². The summed E-state index contributed by atoms with van der Waals surface area (Å²) in [5.74, 6) is 2.27. The minimum Gasteiger partial charge on any atom is -0.382 e. The smallest absolute Gasteiger partial charge is 0.191 e. The molecule has 1 saturated heterocycles. The minimum atomic E-state index is -0.192. The van der Waals surface area contributed by atoms with Crippen molar-refractivity contribution in [3.8, 4) is 0 Å². The van der Waals surface area contributed by atoms with Crippen molar-refractivity contribution in [2.45, 2.75) is 52.6 Å². The van der Waals surface area contributed by atoms with Gasteiger partial charge < -0.3 is 24.8 Å². The van der Waals surface area contributed by atoms with Gasteiger partial charge in [0.05, 0.1) is 0 Å². The molecule has 0 saturated carbocycles. The highest BCUT2D eigenvalue weighted by Gasteiger charge is 2.22. The zero-order valence-corrected chi connectivity index (χ0v) is 19.7. The number of aromatic nitrogens is 3. The van der Waals surface area contributed by atoms with E-state index in [1.165, 1.54) is 6.07 Å². The van der Waals surface area contributed by atoms with Crippen LogP contribution in [0.5, 0.6) is 0 Å². The van der Waals surface area contributed by atoms with Crippen LogP contribution in [0.15, 0.2) is 23.2 Å². The molecule has 0 spiro atoms. The molecule has 1 unspecified atom stereocenters. The van der Waals surface area contributed by atoms with Crippen molar-refractivity contribution >= 4 is 11.6 Å². The van der Waals surface area contributed by atoms with Crippen molar-refractivity contribution in [3.05, 3.63) is 41.2 Å². The van der Waals surface area contributed by atoms with Gasteiger partial charge in [-0.05, 0) is 63.8 Å². The number of aliphatic imine (C=N–C) groups is 1. The fourth-order valence-corrected chi connectivity index (χ4v) is 3.90. The molecule has 1 aliphatic rings. The molecule has 2 aromatic rings. The second kappa shape index (κ2) is 11.8. The number of aryl methyl sites for hydroxylation is 2. The Bertz CT molecular complexity index is 898. The lowest BCUT2D eigenvalue weighted by atomic mass is 10.0. The third-order valence-corrected chi connectivity index (χ3v) is 5.79. The number of hydrogen-bond donors (Lipinski definition) is 2. The van der Waals surface area contributed by atoms with Crippen LogP contribution in [0.4, 0.5) is 10.1 Å². The number of anilines is 1. The molecule has 0 bridgehead atoms. The molecule has 2 heterocycles. The highest BCUT2D eigenvalue weighted by Crippen LogP contribution is 2.24. The summed E-state index contributed by atoms with van der Waals surface area (Å²) in [4.78, 5) is 7.10. The number of hydrogen-bond acceptors (Lipinski definition) is 5. The van der Waals surface area contributed by atoms with E-state index in [2.05, 4.69) is 25.7 Å². The van der Waals surface area contributed by atoms with E-state index in [-0.39, 0.29) is 11.9 Å². The third kappa shape index (κ3) is 6.66. The summed E-state index contributed by atoms with van der Waals surface area (Å²) < 4.78 is 20.9. The molecule has 2 N–H and O–H groups in total. The van der Waals surface area contributed by atoms with E-state index in [1.54, 1.807) is 6.07 Å². The predicted octanol–water partition coefficient (Wildman–Crippen LogP) is 2.70. The largest absolute Gasteiger partial charge is 0.382 e. The van der Waals surface area contributed by atoms with E-state index < -0.39 is 0 Å². The first-order chi connectivity index (χ1) is 15.5. The fraction of sp³-hybridized carbons (Fsp3) is 0.609. The Balaban J connectivity index is 1.65. The molecular weight excluding hydrogens is 409 g/mol. The van der Waals surface area contributed by atoms with Crippen LogP contribution in [0, 0.1) is 19.7 Å². The van der Waals surface area contributed by atoms with E-state index in [0.29, 0.717) is 6.54 Å². The van der Waals surface area contributed by atoms with Crippen LogP contribution in [0.25, 0.3) is 0 Å². The molecule has 1 fully saturated rings. The molecule has 1 aliphatic heterocycles. The van der Waals surface area contributed by atoms with E-state index >= 15 is 0 Å². The molecule has 1 aromatic heterocycles. The lowest BCUT2D eigenvalue weighted by Crippen LogP contribution is -2.51. The second-order valence-corrected chi connectivity index (χ2v) is 8.22. The van der Waals surface area contributed by atoms with Crippen LogP contribution in [-0.2, 0) is 18.3 Å². The van der Waals surface area contributed by atoms with Gasteiger partial charge in [-0.25, -0.2) is 9.38 Å². The van der Waals surface area contributed by atoms with E-state index in [1.807, 2.05) is 38.5 Å². The number of benzene rings is 1. The first-order valence-electron chi connectivity index (χ1n) is 11.5. The molecule has 1 aromatic carbocycles. The lowest BCUT2D eigenvalue weighted by Gasteiger charge is -2.36. The SMILES string of the molecule is CCOCCCNC(=NCc1nnc(C)n1C)NC1CCCN(c2ccc(F)cc2C)C1. The van der Waals surface area contributed by atoms with Gasteiger partial charge in [-0.2, -0.15) is 0 Å². The quantitative estimate of drug-likeness (QED) is 0.351. The molecule has 0 aliphatic carbocycles. The van der Waals surface area contributed by atoms with Crippen molar-refractivity contribution in [3.63, 3.8) is 0 Å². The molecule has 32 heavy (non-hydrogen) atoms. The Morgan fingerprint density at radius 1 is 1.31 bits per heavy atom. The van der Waals surface area contributed by atoms with E-state index in [4.69, 9.17) is 9.73 Å². The molecule has 0 amide bonds. The van der Waals surface area contributed by atoms with Gasteiger partial charge in [0, 0.05) is 51.6 Å². The molecular formula is C23H36FN7O. The summed E-state index contributed by atoms with van der Waals surface area (Å²) in [6.07, 6.45) is 3.03. The van der Waals surface area contributed by atoms with Crippen LogP contribution in [0.3, 0.4) is 0 Å². The molecule has 9 heteroatoms. The van der Waals surface area contributed by atoms with Crippen molar-refractivity contribution < 1.29 is 9.13 Å². The van der Waals surface area contributed by atoms with Gasteiger partial charge in [0.15, 0.2) is 11.8 Å². The van der Waals surface area contributed by atoms with Gasteiger partial charge in [-0.3, -0.25) is 0 Å². The number of nitrogens with one attached hydrogen (secondary N) is 2. The van der Waals surface area contributed by atoms with Gasteiger partial charge in [0.1, 0.15) is 18.2 Å². The maximum atomic E-state index is 13.5. The average molecular weight is 446 g/mol. The van der Waals surface area contributed by atoms with E-state index in [9.17, 15) is 4.39 Å². The second-order valence-electron chi connectivity index (χ2n) is 8.22. The average Bonchev–Trinajstić information content (AvgIpc) is 3.09. The van der Waals surface area contributed by atoms with Crippen molar-refractivity contribution in [1.29, 1.82) is 0 Å². The summed E-state index contributed by atoms with van der Waals surface area (Å²) in [7, 11) is 1.95. The van der Waals surface area contributed by atoms with Crippen LogP contribution in [-0.4, -0.2) is 59.6 Å². The third-order valence-electron chi connectivity index (χ3n) is 5.79. The van der Waals surface area contributed by atoms with Gasteiger partial charge in [0.25, 0.3) is 0 Å². The minimum absolute atomic E-state index is 0.192. The number of ether oxygens (including phenoxy) is 1. The van der Waals surface area contributed by atoms with Crippen molar-refractivity contribution in [2.24, 2.45) is 12.0 Å². The topological polar surface area (TPSA) is 79.6 Å². The lowest BCUT2D eigenvalue weighted by molar-refractivity contribution is 0.145. The first kappa shape index (κ1) is 24.0. The Morgan fingerprint density at radius 3 is 2.88 bits per heavy atom. The Hall–Kier alpha value is -2.68. The Morgan fingerprint density at radius 2 is 2.16 bits per heavy atom. The summed E-state index contributed by atoms with van der Waals surface area (Å²) in [6.45, 7) is 10.4. The van der Waals surface area contributed by atoms with Gasteiger partial charge >= 0.3 is 0 Å². The number of guanidine groups is 1. The highest BCUT2D eigenvalue weighted by atomic mass is 19.1. The zero-order valence-electron chi connectivity index (χ0n) is 19.7. The Kier molecular flexibility index (Phi) is 8.84. The fourth-order valence-electron chi connectivity index (χ4n) is 3.90. The van der Waals surface area contributed by atoms with Crippen LogP contribution >= 0.6 is 0 Å². The van der Waals surface area contributed by atoms with Crippen molar-refractivity contribution in [2.75, 3.05) is 37.7 Å². The summed E-state index contributed by atoms with van der Waals surface area (Å²) in [5.41, 5.74) is 2.06. The molecule has 0 radical (unpaired) electrons. The number of piperidine rings is 1. The Labute approximate surface area is 190 Å². The first-order valence-corrected chi connectivity index (χ1v) is 11.5. The molecule has 8 nitrogen and oxygen atoms in total. The monoisotopic (exact) mass is 445 g/mol. The van der Waals surface area contributed by atoms with E-state index in [0.717, 1.165) is 81.0 Å². The summed E-state index contributed by atoms with van der Waals surface area (Å²) in [6, 6.07) is 5.26. The van der Waals surface area contributed by atoms with Gasteiger partial charge in [-0.1, -0.05) is 0 Å². The number of rotatable bonds is 9. The van der Waals surface area contributed by atoms with Gasteiger partial charge in [0.2, 0.25) is 0 Å². The summed E-state index contributed by atoms with van der Waals surface area (Å²) >= 11 is 0. The zero-order chi connectivity index (χ0) is 22.9. The van der Waals surface area contributed by atoms with Crippen LogP contribution in [0.1, 0.15) is 43.4 Å². The predicted molar refractivity (Wildman–Crippen MR) is 125 cm³/mol. The molecule has 3 rings (SSSR count). The van der Waals surface area contributed by atoms with Crippen LogP contribution < -0.4 is 15.5 Å². The molecule has 1 atom stereocenters. The van der Waals surface area contributed by atoms with Crippen molar-refractivity contribution in [1.82, 2.24) is 25.4 Å².